The highest BCUT2D eigenvalue weighted by Gasteiger charge is 2.30. The monoisotopic (exact) mass is 219 g/mol. The average molecular weight is 219 g/mol. The Morgan fingerprint density at radius 1 is 1.38 bits per heavy atom. The van der Waals surface area contributed by atoms with Gasteiger partial charge in [0.15, 0.2) is 0 Å². The van der Waals surface area contributed by atoms with Crippen LogP contribution in [0.3, 0.4) is 0 Å². The van der Waals surface area contributed by atoms with Gasteiger partial charge in [-0.25, -0.2) is 0 Å². The molecule has 1 amide bonds. The number of nitrogens with two attached hydrogens (primary N) is 1. The molecule has 1 atom stereocenters. The third kappa shape index (κ3) is 2.30. The Morgan fingerprint density at radius 2 is 1.94 bits per heavy atom. The van der Waals surface area contributed by atoms with E-state index in [-0.39, 0.29) is 5.91 Å². The van der Waals surface area contributed by atoms with Crippen LogP contribution in [-0.2, 0) is 21.4 Å². The fraction of sp³-hybridized carbons (Fsp3) is 0.385. The molecule has 0 spiro atoms. The Labute approximate surface area is 95.6 Å². The molecule has 0 bridgehead atoms. The van der Waals surface area contributed by atoms with Gasteiger partial charge in [-0.3, -0.25) is 4.79 Å². The second kappa shape index (κ2) is 4.92. The van der Waals surface area contributed by atoms with Gasteiger partial charge in [0.2, 0.25) is 5.91 Å². The number of amides is 1. The van der Waals surface area contributed by atoms with Gasteiger partial charge in [-0.05, 0) is 24.5 Å². The molecule has 1 aromatic rings. The van der Waals surface area contributed by atoms with E-state index < -0.39 is 5.41 Å². The first-order chi connectivity index (χ1) is 7.54. The average Bonchev–Trinajstić information content (AvgIpc) is 2.29. The molecule has 0 saturated heterocycles. The van der Waals surface area contributed by atoms with Crippen LogP contribution in [0.25, 0.3) is 0 Å². The lowest BCUT2D eigenvalue weighted by molar-refractivity contribution is -0.123. The number of hydrogen-bond donors (Lipinski definition) is 1. The van der Waals surface area contributed by atoms with Crippen LogP contribution in [0.15, 0.2) is 24.3 Å². The summed E-state index contributed by atoms with van der Waals surface area (Å²) in [4.78, 5) is 21.8. The van der Waals surface area contributed by atoms with Crippen molar-refractivity contribution in [2.24, 2.45) is 5.73 Å². The number of aldehydes is 1. The Balaban J connectivity index is 3.04. The van der Waals surface area contributed by atoms with Crippen molar-refractivity contribution in [1.82, 2.24) is 0 Å². The van der Waals surface area contributed by atoms with Gasteiger partial charge >= 0.3 is 0 Å². The number of rotatable bonds is 5. The SMILES string of the molecule is CCC(C)(C(N)=O)c1ccc(CC=O)cc1. The normalized spacial score (nSPS) is 14.1. The van der Waals surface area contributed by atoms with Gasteiger partial charge in [0.1, 0.15) is 6.29 Å². The maximum absolute atomic E-state index is 11.4. The Bertz CT molecular complexity index is 383. The summed E-state index contributed by atoms with van der Waals surface area (Å²) in [6.07, 6.45) is 1.93. The Kier molecular flexibility index (Phi) is 3.82. The Hall–Kier alpha value is -1.64. The van der Waals surface area contributed by atoms with Crippen molar-refractivity contribution in [2.75, 3.05) is 0 Å². The maximum Gasteiger partial charge on any atom is 0.227 e. The lowest BCUT2D eigenvalue weighted by Crippen LogP contribution is -2.37. The molecule has 0 aliphatic rings. The molecule has 0 heterocycles. The molecule has 16 heavy (non-hydrogen) atoms. The van der Waals surface area contributed by atoms with Crippen LogP contribution in [0.2, 0.25) is 0 Å². The molecule has 1 aromatic carbocycles. The van der Waals surface area contributed by atoms with E-state index >= 15 is 0 Å². The van der Waals surface area contributed by atoms with Crippen molar-refractivity contribution in [2.45, 2.75) is 32.1 Å². The number of benzene rings is 1. The fourth-order valence-corrected chi connectivity index (χ4v) is 1.63. The Morgan fingerprint density at radius 3 is 2.31 bits per heavy atom. The van der Waals surface area contributed by atoms with E-state index in [4.69, 9.17) is 5.73 Å². The van der Waals surface area contributed by atoms with Crippen LogP contribution in [0.1, 0.15) is 31.4 Å². The van der Waals surface area contributed by atoms with Crippen molar-refractivity contribution in [3.8, 4) is 0 Å². The van der Waals surface area contributed by atoms with Crippen LogP contribution in [-0.4, -0.2) is 12.2 Å². The van der Waals surface area contributed by atoms with E-state index in [0.717, 1.165) is 17.4 Å². The standard InChI is InChI=1S/C13H17NO2/c1-3-13(2,12(14)16)11-6-4-10(5-7-11)8-9-15/h4-7,9H,3,8H2,1-2H3,(H2,14,16). The maximum atomic E-state index is 11.4. The second-order valence-electron chi connectivity index (χ2n) is 4.12. The number of carbonyl (C=O) groups excluding carboxylic acids is 2. The summed E-state index contributed by atoms with van der Waals surface area (Å²) >= 11 is 0. The minimum Gasteiger partial charge on any atom is -0.369 e. The van der Waals surface area contributed by atoms with Crippen LogP contribution in [0.4, 0.5) is 0 Å². The smallest absolute Gasteiger partial charge is 0.227 e. The second-order valence-corrected chi connectivity index (χ2v) is 4.12. The van der Waals surface area contributed by atoms with Gasteiger partial charge < -0.3 is 10.5 Å². The summed E-state index contributed by atoms with van der Waals surface area (Å²) in [6, 6.07) is 7.46. The predicted octanol–water partition coefficient (Wildman–Crippen LogP) is 1.58. The van der Waals surface area contributed by atoms with Gasteiger partial charge in [0, 0.05) is 6.42 Å². The zero-order chi connectivity index (χ0) is 12.2. The van der Waals surface area contributed by atoms with E-state index in [1.54, 1.807) is 0 Å². The molecule has 0 aromatic heterocycles. The van der Waals surface area contributed by atoms with Crippen LogP contribution >= 0.6 is 0 Å². The molecule has 0 aliphatic carbocycles. The minimum absolute atomic E-state index is 0.321. The van der Waals surface area contributed by atoms with Gasteiger partial charge in [-0.2, -0.15) is 0 Å². The quantitative estimate of drug-likeness (QED) is 0.764. The lowest BCUT2D eigenvalue weighted by Gasteiger charge is -2.24. The first kappa shape index (κ1) is 12.4. The van der Waals surface area contributed by atoms with Crippen molar-refractivity contribution in [3.63, 3.8) is 0 Å². The molecule has 0 fully saturated rings. The van der Waals surface area contributed by atoms with Crippen LogP contribution in [0.5, 0.6) is 0 Å². The third-order valence-electron chi connectivity index (χ3n) is 3.16. The number of carbonyl (C=O) groups is 2. The van der Waals surface area contributed by atoms with E-state index in [9.17, 15) is 9.59 Å². The summed E-state index contributed by atoms with van der Waals surface area (Å²) in [6.45, 7) is 3.77. The molecule has 86 valence electrons. The van der Waals surface area contributed by atoms with Crippen molar-refractivity contribution < 1.29 is 9.59 Å². The molecular weight excluding hydrogens is 202 g/mol. The van der Waals surface area contributed by atoms with Crippen LogP contribution < -0.4 is 5.73 Å². The summed E-state index contributed by atoms with van der Waals surface area (Å²) in [5.41, 5.74) is 6.64. The number of primary amides is 1. The first-order valence-corrected chi connectivity index (χ1v) is 5.37. The van der Waals surface area contributed by atoms with Gasteiger partial charge in [-0.1, -0.05) is 31.2 Å². The summed E-state index contributed by atoms with van der Waals surface area (Å²) < 4.78 is 0. The summed E-state index contributed by atoms with van der Waals surface area (Å²) in [7, 11) is 0. The minimum atomic E-state index is -0.625. The summed E-state index contributed by atoms with van der Waals surface area (Å²) in [5, 5.41) is 0. The highest BCUT2D eigenvalue weighted by Crippen LogP contribution is 2.27. The first-order valence-electron chi connectivity index (χ1n) is 5.37. The highest BCUT2D eigenvalue weighted by molar-refractivity contribution is 5.86. The van der Waals surface area contributed by atoms with E-state index in [2.05, 4.69) is 0 Å². The van der Waals surface area contributed by atoms with Crippen molar-refractivity contribution >= 4 is 12.2 Å². The fourth-order valence-electron chi connectivity index (χ4n) is 1.63. The molecular formula is C13H17NO2. The van der Waals surface area contributed by atoms with Crippen molar-refractivity contribution in [3.05, 3.63) is 35.4 Å². The topological polar surface area (TPSA) is 60.2 Å². The van der Waals surface area contributed by atoms with Crippen molar-refractivity contribution in [1.29, 1.82) is 0 Å². The molecule has 3 nitrogen and oxygen atoms in total. The van der Waals surface area contributed by atoms with E-state index in [1.807, 2.05) is 38.1 Å². The molecule has 2 N–H and O–H groups in total. The molecule has 1 unspecified atom stereocenters. The number of hydrogen-bond acceptors (Lipinski definition) is 2. The lowest BCUT2D eigenvalue weighted by atomic mass is 9.79. The zero-order valence-electron chi connectivity index (χ0n) is 9.69. The van der Waals surface area contributed by atoms with Gasteiger partial charge in [0.25, 0.3) is 0 Å². The van der Waals surface area contributed by atoms with Gasteiger partial charge in [-0.15, -0.1) is 0 Å². The molecule has 3 heteroatoms. The third-order valence-corrected chi connectivity index (χ3v) is 3.16. The zero-order valence-corrected chi connectivity index (χ0v) is 9.69. The van der Waals surface area contributed by atoms with E-state index in [1.165, 1.54) is 0 Å². The summed E-state index contributed by atoms with van der Waals surface area (Å²) in [5.74, 6) is -0.321. The largest absolute Gasteiger partial charge is 0.369 e. The predicted molar refractivity (Wildman–Crippen MR) is 63.0 cm³/mol. The molecule has 1 rings (SSSR count). The van der Waals surface area contributed by atoms with Crippen LogP contribution in [0, 0.1) is 0 Å². The van der Waals surface area contributed by atoms with Gasteiger partial charge in [0.05, 0.1) is 5.41 Å². The highest BCUT2D eigenvalue weighted by atomic mass is 16.1. The molecule has 0 saturated carbocycles. The molecule has 0 radical (unpaired) electrons. The van der Waals surface area contributed by atoms with E-state index in [0.29, 0.717) is 12.8 Å². The molecule has 0 aliphatic heterocycles.